The van der Waals surface area contributed by atoms with Crippen molar-refractivity contribution in [3.05, 3.63) is 93.7 Å². The number of rotatable bonds is 14. The lowest BCUT2D eigenvalue weighted by Crippen LogP contribution is -2.36. The number of unbranched alkanes of at least 4 members (excludes halogenated alkanes) is 9. The molecule has 2 aromatic carbocycles. The normalized spacial score (nSPS) is 11.2. The number of aromatic nitrogens is 1. The Morgan fingerprint density at radius 3 is 1.95 bits per heavy atom. The van der Waals surface area contributed by atoms with Crippen LogP contribution >= 0.6 is 23.2 Å². The summed E-state index contributed by atoms with van der Waals surface area (Å²) in [5.74, 6) is 0. The Hall–Kier alpha value is -1.92. The van der Waals surface area contributed by atoms with Crippen molar-refractivity contribution in [1.29, 1.82) is 0 Å². The van der Waals surface area contributed by atoms with Crippen LogP contribution in [0.2, 0.25) is 10.0 Å². The zero-order valence-electron chi connectivity index (χ0n) is 22.7. The summed E-state index contributed by atoms with van der Waals surface area (Å²) in [4.78, 5) is -0.140. The van der Waals surface area contributed by atoms with Crippen molar-refractivity contribution in [3.8, 4) is 0 Å². The summed E-state index contributed by atoms with van der Waals surface area (Å²) in [5.41, 5.74) is 3.38. The van der Waals surface area contributed by atoms with Gasteiger partial charge in [-0.25, -0.2) is 8.42 Å². The van der Waals surface area contributed by atoms with E-state index in [9.17, 15) is 13.0 Å². The molecule has 1 heterocycles. The van der Waals surface area contributed by atoms with Crippen molar-refractivity contribution >= 4 is 33.3 Å². The summed E-state index contributed by atoms with van der Waals surface area (Å²) >= 11 is 12.0. The third-order valence-electron chi connectivity index (χ3n) is 6.55. The number of nitrogens with zero attached hydrogens (tertiary/aromatic N) is 1. The monoisotopic (exact) mass is 577 g/mol. The minimum absolute atomic E-state index is 0.140. The molecule has 0 fully saturated rings. The van der Waals surface area contributed by atoms with Crippen LogP contribution < -0.4 is 4.57 Å². The quantitative estimate of drug-likeness (QED) is 0.109. The van der Waals surface area contributed by atoms with Crippen LogP contribution in [0, 0.1) is 6.92 Å². The zero-order valence-corrected chi connectivity index (χ0v) is 25.0. The largest absolute Gasteiger partial charge is 0.744 e. The summed E-state index contributed by atoms with van der Waals surface area (Å²) in [6.45, 7) is 5.08. The van der Waals surface area contributed by atoms with Crippen LogP contribution in [0.15, 0.2) is 71.8 Å². The van der Waals surface area contributed by atoms with E-state index in [1.54, 1.807) is 18.2 Å². The molecule has 0 bridgehead atoms. The maximum Gasteiger partial charge on any atom is 0.178 e. The molecular weight excluding hydrogens is 537 g/mol. The highest BCUT2D eigenvalue weighted by Gasteiger charge is 2.09. The van der Waals surface area contributed by atoms with Crippen LogP contribution in [0.25, 0.3) is 0 Å². The van der Waals surface area contributed by atoms with Crippen molar-refractivity contribution < 1.29 is 17.5 Å². The molecule has 0 unspecified atom stereocenters. The van der Waals surface area contributed by atoms with Gasteiger partial charge in [0.1, 0.15) is 10.1 Å². The number of halogens is 2. The molecule has 0 atom stereocenters. The van der Waals surface area contributed by atoms with Crippen molar-refractivity contribution in [2.45, 2.75) is 95.9 Å². The first kappa shape index (κ1) is 32.3. The van der Waals surface area contributed by atoms with Gasteiger partial charge in [0, 0.05) is 29.6 Å². The molecule has 0 saturated carbocycles. The van der Waals surface area contributed by atoms with E-state index in [4.69, 9.17) is 23.2 Å². The fourth-order valence-corrected chi connectivity index (χ4v) is 5.15. The highest BCUT2D eigenvalue weighted by Crippen LogP contribution is 2.20. The minimum Gasteiger partial charge on any atom is -0.744 e. The van der Waals surface area contributed by atoms with Gasteiger partial charge in [-0.15, -0.1) is 0 Å². The second-order valence-corrected chi connectivity index (χ2v) is 12.0. The van der Waals surface area contributed by atoms with Crippen molar-refractivity contribution in [2.75, 3.05) is 0 Å². The summed E-state index contributed by atoms with van der Waals surface area (Å²) in [7, 11) is -4.31. The molecule has 0 aliphatic heterocycles. The lowest BCUT2D eigenvalue weighted by atomic mass is 10.0. The Kier molecular flexibility index (Phi) is 15.0. The molecule has 0 aliphatic rings. The van der Waals surface area contributed by atoms with Gasteiger partial charge in [-0.05, 0) is 48.7 Å². The average molecular weight is 579 g/mol. The molecule has 7 heteroatoms. The van der Waals surface area contributed by atoms with E-state index in [0.29, 0.717) is 10.0 Å². The standard InChI is InChI=1S/C18H30O3S.C13H12Cl2N/c1-2-3-4-5-6-7-8-9-10-11-12-17-13-15-18(16-14-17)22(19,20)21;1-10-4-2-3-7-16(10)9-11-5-6-12(14)8-13(11)15/h13-16H,2-12H2,1H3,(H,19,20,21);2-8H,9H2,1H3/q;+1/p-1. The molecule has 0 radical (unpaired) electrons. The molecule has 38 heavy (non-hydrogen) atoms. The van der Waals surface area contributed by atoms with E-state index in [1.165, 1.54) is 75.6 Å². The van der Waals surface area contributed by atoms with Crippen LogP contribution in [-0.4, -0.2) is 13.0 Å². The van der Waals surface area contributed by atoms with Gasteiger partial charge in [0.15, 0.2) is 18.4 Å². The number of pyridine rings is 1. The zero-order chi connectivity index (χ0) is 27.8. The van der Waals surface area contributed by atoms with Gasteiger partial charge in [0.05, 0.1) is 9.92 Å². The summed E-state index contributed by atoms with van der Waals surface area (Å²) < 4.78 is 34.6. The van der Waals surface area contributed by atoms with Crippen LogP contribution in [-0.2, 0) is 23.1 Å². The molecule has 0 N–H and O–H groups in total. The SMILES string of the molecule is CCCCCCCCCCCCc1ccc(S(=O)(=O)[O-])cc1.Cc1cccc[n+]1Cc1ccc(Cl)cc1Cl. The lowest BCUT2D eigenvalue weighted by Gasteiger charge is -2.08. The van der Waals surface area contributed by atoms with Crippen molar-refractivity contribution in [2.24, 2.45) is 0 Å². The molecule has 1 aromatic heterocycles. The molecule has 0 saturated heterocycles. The maximum absolute atomic E-state index is 10.8. The fraction of sp³-hybridized carbons (Fsp3) is 0.452. The lowest BCUT2D eigenvalue weighted by molar-refractivity contribution is -0.694. The Morgan fingerprint density at radius 1 is 0.789 bits per heavy atom. The highest BCUT2D eigenvalue weighted by molar-refractivity contribution is 7.85. The third-order valence-corrected chi connectivity index (χ3v) is 7.99. The Balaban J connectivity index is 0.000000279. The van der Waals surface area contributed by atoms with E-state index < -0.39 is 10.1 Å². The molecule has 0 amide bonds. The predicted octanol–water partition coefficient (Wildman–Crippen LogP) is 8.69. The second kappa shape index (κ2) is 17.6. The molecule has 0 aliphatic carbocycles. The molecule has 3 rings (SSSR count). The summed E-state index contributed by atoms with van der Waals surface area (Å²) in [5, 5.41) is 1.38. The van der Waals surface area contributed by atoms with Gasteiger partial charge in [0.25, 0.3) is 0 Å². The molecular formula is C31H41Cl2NO3S. The van der Waals surface area contributed by atoms with E-state index >= 15 is 0 Å². The Bertz CT molecular complexity index is 1200. The first-order chi connectivity index (χ1) is 18.2. The summed E-state index contributed by atoms with van der Waals surface area (Å²) in [6, 6.07) is 18.0. The van der Waals surface area contributed by atoms with E-state index in [1.807, 2.05) is 30.5 Å². The smallest absolute Gasteiger partial charge is 0.178 e. The van der Waals surface area contributed by atoms with Crippen LogP contribution in [0.1, 0.15) is 88.0 Å². The predicted molar refractivity (Wildman–Crippen MR) is 157 cm³/mol. The second-order valence-electron chi connectivity index (χ2n) is 9.74. The molecule has 4 nitrogen and oxygen atoms in total. The number of benzene rings is 2. The van der Waals surface area contributed by atoms with Crippen LogP contribution in [0.4, 0.5) is 0 Å². The Morgan fingerprint density at radius 2 is 1.39 bits per heavy atom. The van der Waals surface area contributed by atoms with Gasteiger partial charge in [-0.1, -0.05) is 106 Å². The highest BCUT2D eigenvalue weighted by atomic mass is 35.5. The molecule has 208 valence electrons. The van der Waals surface area contributed by atoms with Crippen LogP contribution in [0.3, 0.4) is 0 Å². The maximum atomic E-state index is 10.8. The van der Waals surface area contributed by atoms with Gasteiger partial charge in [-0.3, -0.25) is 0 Å². The van der Waals surface area contributed by atoms with E-state index in [-0.39, 0.29) is 4.90 Å². The van der Waals surface area contributed by atoms with Crippen molar-refractivity contribution in [1.82, 2.24) is 0 Å². The van der Waals surface area contributed by atoms with Gasteiger partial charge < -0.3 is 4.55 Å². The first-order valence-corrected chi connectivity index (χ1v) is 15.8. The van der Waals surface area contributed by atoms with Gasteiger partial charge >= 0.3 is 0 Å². The summed E-state index contributed by atoms with van der Waals surface area (Å²) in [6.07, 6.45) is 16.1. The van der Waals surface area contributed by atoms with Crippen LogP contribution in [0.5, 0.6) is 0 Å². The molecule has 0 spiro atoms. The Labute approximate surface area is 239 Å². The number of hydrogen-bond acceptors (Lipinski definition) is 3. The van der Waals surface area contributed by atoms with E-state index in [0.717, 1.165) is 30.5 Å². The topological polar surface area (TPSA) is 61.1 Å². The number of aryl methyl sites for hydroxylation is 2. The molecule has 3 aromatic rings. The minimum atomic E-state index is -4.31. The van der Waals surface area contributed by atoms with Gasteiger partial charge in [0.2, 0.25) is 0 Å². The average Bonchev–Trinajstić information content (AvgIpc) is 2.88. The van der Waals surface area contributed by atoms with Gasteiger partial charge in [-0.2, -0.15) is 4.57 Å². The fourth-order valence-electron chi connectivity index (χ4n) is 4.21. The number of hydrogen-bond donors (Lipinski definition) is 0. The first-order valence-electron chi connectivity index (χ1n) is 13.6. The third kappa shape index (κ3) is 12.8. The van der Waals surface area contributed by atoms with E-state index in [2.05, 4.69) is 24.5 Å². The van der Waals surface area contributed by atoms with Crippen molar-refractivity contribution in [3.63, 3.8) is 0 Å².